The summed E-state index contributed by atoms with van der Waals surface area (Å²) in [4.78, 5) is 11.8. The van der Waals surface area contributed by atoms with E-state index in [4.69, 9.17) is 4.74 Å². The molecule has 3 rings (SSSR count). The zero-order valence-corrected chi connectivity index (χ0v) is 11.9. The van der Waals surface area contributed by atoms with E-state index >= 15 is 0 Å². The lowest BCUT2D eigenvalue weighted by atomic mass is 9.78. The molecule has 2 aliphatic carbocycles. The quantitative estimate of drug-likeness (QED) is 0.605. The third-order valence-corrected chi connectivity index (χ3v) is 5.43. The van der Waals surface area contributed by atoms with Gasteiger partial charge >= 0.3 is 5.97 Å². The van der Waals surface area contributed by atoms with Gasteiger partial charge in [-0.25, -0.2) is 4.79 Å². The molecule has 20 heavy (non-hydrogen) atoms. The summed E-state index contributed by atoms with van der Waals surface area (Å²) in [6.45, 7) is 3.88. The fraction of sp³-hybridized carbons (Fsp3) is 0.800. The summed E-state index contributed by atoms with van der Waals surface area (Å²) in [7, 11) is 0. The van der Waals surface area contributed by atoms with Gasteiger partial charge in [-0.05, 0) is 37.0 Å². The Hall–Kier alpha value is -0.910. The van der Waals surface area contributed by atoms with Crippen molar-refractivity contribution in [2.24, 2.45) is 17.3 Å². The molecule has 0 aromatic heterocycles. The molecule has 0 aromatic rings. The maximum atomic E-state index is 11.8. The highest BCUT2D eigenvalue weighted by atomic mass is 16.5. The molecule has 112 valence electrons. The third kappa shape index (κ3) is 1.91. The van der Waals surface area contributed by atoms with Crippen LogP contribution in [0.5, 0.6) is 0 Å². The van der Waals surface area contributed by atoms with Gasteiger partial charge in [-0.2, -0.15) is 0 Å². The normalized spacial score (nSPS) is 47.9. The first-order chi connectivity index (χ1) is 9.27. The number of aliphatic hydroxyl groups is 3. The summed E-state index contributed by atoms with van der Waals surface area (Å²) in [6, 6.07) is 0. The first-order valence-electron chi connectivity index (χ1n) is 7.18. The van der Waals surface area contributed by atoms with E-state index < -0.39 is 17.7 Å². The van der Waals surface area contributed by atoms with Crippen LogP contribution in [0.4, 0.5) is 0 Å². The molecule has 3 N–H and O–H groups in total. The van der Waals surface area contributed by atoms with Crippen molar-refractivity contribution in [1.29, 1.82) is 0 Å². The maximum absolute atomic E-state index is 11.8. The SMILES string of the molecule is CC1(CO)CC2C(O)C3=C(CC(C)(O)C2C1)C(=O)OC3. The number of aliphatic hydroxyl groups excluding tert-OH is 2. The Morgan fingerprint density at radius 3 is 2.70 bits per heavy atom. The molecule has 5 heteroatoms. The zero-order chi connectivity index (χ0) is 14.7. The standard InChI is InChI=1S/C15H22O5/c1-14(7-16)3-9-11(5-14)15(2,19)4-8-10(12(9)17)6-20-13(8)18/h9,11-12,16-17,19H,3-7H2,1-2H3. The number of hydrogen-bond donors (Lipinski definition) is 3. The number of carbonyl (C=O) groups is 1. The van der Waals surface area contributed by atoms with Gasteiger partial charge in [0.2, 0.25) is 0 Å². The Balaban J connectivity index is 2.01. The van der Waals surface area contributed by atoms with E-state index in [1.54, 1.807) is 6.92 Å². The predicted molar refractivity (Wildman–Crippen MR) is 70.6 cm³/mol. The Kier molecular flexibility index (Phi) is 3.01. The molecule has 0 bridgehead atoms. The summed E-state index contributed by atoms with van der Waals surface area (Å²) in [5, 5.41) is 31.0. The zero-order valence-electron chi connectivity index (χ0n) is 11.9. The highest BCUT2D eigenvalue weighted by molar-refractivity contribution is 5.92. The van der Waals surface area contributed by atoms with Crippen molar-refractivity contribution in [2.75, 3.05) is 13.2 Å². The summed E-state index contributed by atoms with van der Waals surface area (Å²) in [6.07, 6.45) is 0.773. The number of esters is 1. The summed E-state index contributed by atoms with van der Waals surface area (Å²) in [5.41, 5.74) is -0.256. The molecule has 5 atom stereocenters. The lowest BCUT2D eigenvalue weighted by molar-refractivity contribution is -0.137. The second kappa shape index (κ2) is 4.29. The Morgan fingerprint density at radius 2 is 2.05 bits per heavy atom. The van der Waals surface area contributed by atoms with Crippen LogP contribution in [0, 0.1) is 17.3 Å². The highest BCUT2D eigenvalue weighted by Crippen LogP contribution is 2.55. The van der Waals surface area contributed by atoms with Crippen molar-refractivity contribution in [3.8, 4) is 0 Å². The molecule has 0 aromatic carbocycles. The van der Waals surface area contributed by atoms with E-state index in [0.717, 1.165) is 0 Å². The van der Waals surface area contributed by atoms with E-state index in [0.29, 0.717) is 24.0 Å². The predicted octanol–water partition coefficient (Wildman–Crippen LogP) is 0.380. The van der Waals surface area contributed by atoms with Crippen LogP contribution in [0.25, 0.3) is 0 Å². The molecule has 5 unspecified atom stereocenters. The maximum Gasteiger partial charge on any atom is 0.334 e. The van der Waals surface area contributed by atoms with Crippen LogP contribution in [-0.2, 0) is 9.53 Å². The lowest BCUT2D eigenvalue weighted by Crippen LogP contribution is -2.39. The molecule has 0 saturated heterocycles. The van der Waals surface area contributed by atoms with Crippen LogP contribution in [0.2, 0.25) is 0 Å². The number of ether oxygens (including phenoxy) is 1. The first kappa shape index (κ1) is 14.0. The molecular weight excluding hydrogens is 260 g/mol. The van der Waals surface area contributed by atoms with Crippen LogP contribution in [0.15, 0.2) is 11.1 Å². The van der Waals surface area contributed by atoms with Gasteiger partial charge in [0.25, 0.3) is 0 Å². The van der Waals surface area contributed by atoms with Crippen molar-refractivity contribution in [2.45, 2.75) is 44.8 Å². The minimum absolute atomic E-state index is 0.0458. The minimum Gasteiger partial charge on any atom is -0.458 e. The van der Waals surface area contributed by atoms with Crippen LogP contribution >= 0.6 is 0 Å². The van der Waals surface area contributed by atoms with Gasteiger partial charge in [-0.1, -0.05) is 6.92 Å². The highest BCUT2D eigenvalue weighted by Gasteiger charge is 2.55. The van der Waals surface area contributed by atoms with Crippen LogP contribution < -0.4 is 0 Å². The average Bonchev–Trinajstić information content (AvgIpc) is 2.90. The van der Waals surface area contributed by atoms with Gasteiger partial charge in [0.05, 0.1) is 11.7 Å². The van der Waals surface area contributed by atoms with Gasteiger partial charge in [0.15, 0.2) is 0 Å². The topological polar surface area (TPSA) is 87.0 Å². The molecule has 0 amide bonds. The molecular formula is C15H22O5. The Labute approximate surface area is 118 Å². The Bertz CT molecular complexity index is 481. The van der Waals surface area contributed by atoms with Crippen molar-refractivity contribution < 1.29 is 24.9 Å². The molecule has 1 saturated carbocycles. The lowest BCUT2D eigenvalue weighted by Gasteiger charge is -2.34. The van der Waals surface area contributed by atoms with Crippen LogP contribution in [0.3, 0.4) is 0 Å². The van der Waals surface area contributed by atoms with Crippen molar-refractivity contribution in [3.63, 3.8) is 0 Å². The van der Waals surface area contributed by atoms with Crippen molar-refractivity contribution >= 4 is 5.97 Å². The van der Waals surface area contributed by atoms with Crippen molar-refractivity contribution in [1.82, 2.24) is 0 Å². The van der Waals surface area contributed by atoms with Gasteiger partial charge in [0, 0.05) is 24.2 Å². The van der Waals surface area contributed by atoms with Crippen LogP contribution in [0.1, 0.15) is 33.1 Å². The van der Waals surface area contributed by atoms with E-state index in [9.17, 15) is 20.1 Å². The van der Waals surface area contributed by atoms with Gasteiger partial charge in [-0.15, -0.1) is 0 Å². The molecule has 5 nitrogen and oxygen atoms in total. The molecule has 3 aliphatic rings. The molecule has 1 aliphatic heterocycles. The molecule has 0 radical (unpaired) electrons. The minimum atomic E-state index is -1.06. The second-order valence-corrected chi connectivity index (χ2v) is 7.21. The smallest absolute Gasteiger partial charge is 0.334 e. The van der Waals surface area contributed by atoms with E-state index in [1.807, 2.05) is 6.92 Å². The number of hydrogen-bond acceptors (Lipinski definition) is 5. The molecule has 1 fully saturated rings. The van der Waals surface area contributed by atoms with Crippen LogP contribution in [-0.4, -0.2) is 46.2 Å². The van der Waals surface area contributed by atoms with E-state index in [1.165, 1.54) is 0 Å². The number of carbonyl (C=O) groups excluding carboxylic acids is 1. The molecule has 0 spiro atoms. The number of rotatable bonds is 1. The van der Waals surface area contributed by atoms with Crippen molar-refractivity contribution in [3.05, 3.63) is 11.1 Å². The van der Waals surface area contributed by atoms with E-state index in [-0.39, 0.29) is 36.9 Å². The third-order valence-electron chi connectivity index (χ3n) is 5.43. The fourth-order valence-electron chi connectivity index (χ4n) is 4.26. The summed E-state index contributed by atoms with van der Waals surface area (Å²) >= 11 is 0. The first-order valence-corrected chi connectivity index (χ1v) is 7.18. The molecule has 1 heterocycles. The summed E-state index contributed by atoms with van der Waals surface area (Å²) in [5.74, 6) is -0.665. The van der Waals surface area contributed by atoms with Gasteiger partial charge < -0.3 is 20.1 Å². The fourth-order valence-corrected chi connectivity index (χ4v) is 4.26. The van der Waals surface area contributed by atoms with Gasteiger partial charge in [-0.3, -0.25) is 0 Å². The monoisotopic (exact) mass is 282 g/mol. The average molecular weight is 282 g/mol. The summed E-state index contributed by atoms with van der Waals surface area (Å²) < 4.78 is 5.01. The van der Waals surface area contributed by atoms with E-state index in [2.05, 4.69) is 0 Å². The largest absolute Gasteiger partial charge is 0.458 e. The van der Waals surface area contributed by atoms with Gasteiger partial charge in [0.1, 0.15) is 6.61 Å². The second-order valence-electron chi connectivity index (χ2n) is 7.21. The number of cyclic esters (lactones) is 1. The Morgan fingerprint density at radius 1 is 1.35 bits per heavy atom. The number of fused-ring (bicyclic) bond motifs is 1.